The molecule has 0 bridgehead atoms. The predicted octanol–water partition coefficient (Wildman–Crippen LogP) is 2.00. The van der Waals surface area contributed by atoms with Gasteiger partial charge in [0, 0.05) is 6.61 Å². The number of amides is 1. The summed E-state index contributed by atoms with van der Waals surface area (Å²) in [6.07, 6.45) is 2.12. The van der Waals surface area contributed by atoms with Crippen molar-refractivity contribution in [3.63, 3.8) is 0 Å². The van der Waals surface area contributed by atoms with Gasteiger partial charge in [-0.1, -0.05) is 6.07 Å². The molecule has 0 aliphatic carbocycles. The fourth-order valence-electron chi connectivity index (χ4n) is 2.44. The maximum Gasteiger partial charge on any atom is 0.255 e. The van der Waals surface area contributed by atoms with Crippen LogP contribution in [0.2, 0.25) is 0 Å². The summed E-state index contributed by atoms with van der Waals surface area (Å²) in [5.41, 5.74) is 0.469. The fourth-order valence-corrected chi connectivity index (χ4v) is 2.44. The number of hydrogen-bond donors (Lipinski definition) is 1. The summed E-state index contributed by atoms with van der Waals surface area (Å²) >= 11 is 0. The second kappa shape index (κ2) is 6.61. The Hall–Kier alpha value is -1.75. The number of carbonyl (C=O) groups excluding carboxylic acids is 1. The van der Waals surface area contributed by atoms with Crippen LogP contribution in [0.5, 0.6) is 11.5 Å². The fraction of sp³-hybridized carbons (Fsp3) is 0.533. The first kappa shape index (κ1) is 14.7. The molecule has 5 nitrogen and oxygen atoms in total. The summed E-state index contributed by atoms with van der Waals surface area (Å²) in [5.74, 6) is 0.820. The lowest BCUT2D eigenvalue weighted by atomic mass is 10.1. The van der Waals surface area contributed by atoms with Gasteiger partial charge in [-0.2, -0.15) is 0 Å². The normalized spacial score (nSPS) is 19.4. The zero-order valence-electron chi connectivity index (χ0n) is 12.1. The monoisotopic (exact) mass is 279 g/mol. The van der Waals surface area contributed by atoms with Gasteiger partial charge < -0.3 is 19.5 Å². The number of carbonyl (C=O) groups is 1. The first-order chi connectivity index (χ1) is 9.67. The molecule has 1 N–H and O–H groups in total. The van der Waals surface area contributed by atoms with Crippen LogP contribution < -0.4 is 14.8 Å². The van der Waals surface area contributed by atoms with Crippen molar-refractivity contribution in [3.05, 3.63) is 23.8 Å². The van der Waals surface area contributed by atoms with Gasteiger partial charge in [0.15, 0.2) is 11.5 Å². The Morgan fingerprint density at radius 3 is 2.80 bits per heavy atom. The van der Waals surface area contributed by atoms with Crippen LogP contribution in [0.25, 0.3) is 0 Å². The molecule has 110 valence electrons. The van der Waals surface area contributed by atoms with Crippen LogP contribution in [0.3, 0.4) is 0 Å². The smallest absolute Gasteiger partial charge is 0.255 e. The van der Waals surface area contributed by atoms with Gasteiger partial charge in [0.25, 0.3) is 5.91 Å². The molecule has 0 aromatic heterocycles. The summed E-state index contributed by atoms with van der Waals surface area (Å²) in [6, 6.07) is 5.23. The number of nitrogens with one attached hydrogen (secondary N) is 1. The average molecular weight is 279 g/mol. The molecule has 1 aliphatic rings. The van der Waals surface area contributed by atoms with Crippen molar-refractivity contribution in [2.24, 2.45) is 0 Å². The van der Waals surface area contributed by atoms with E-state index in [2.05, 4.69) is 5.32 Å². The highest BCUT2D eigenvalue weighted by molar-refractivity contribution is 5.98. The summed E-state index contributed by atoms with van der Waals surface area (Å²) in [7, 11) is 3.08. The quantitative estimate of drug-likeness (QED) is 0.895. The zero-order chi connectivity index (χ0) is 14.5. The van der Waals surface area contributed by atoms with E-state index in [0.717, 1.165) is 19.4 Å². The van der Waals surface area contributed by atoms with Crippen molar-refractivity contribution < 1.29 is 19.0 Å². The molecule has 1 amide bonds. The van der Waals surface area contributed by atoms with Crippen molar-refractivity contribution in [3.8, 4) is 11.5 Å². The standard InChI is InChI=1S/C15H21NO4/c1-10(12-8-5-9-20-12)16-15(17)11-6-4-7-13(18-2)14(11)19-3/h4,6-7,10,12H,5,8-9H2,1-3H3,(H,16,17)/t10-,12-/m0/s1. The van der Waals surface area contributed by atoms with E-state index in [-0.39, 0.29) is 18.1 Å². The lowest BCUT2D eigenvalue weighted by molar-refractivity contribution is 0.0710. The maximum absolute atomic E-state index is 12.4. The van der Waals surface area contributed by atoms with Gasteiger partial charge in [-0.3, -0.25) is 4.79 Å². The lowest BCUT2D eigenvalue weighted by Crippen LogP contribution is -2.40. The molecule has 0 unspecified atom stereocenters. The highest BCUT2D eigenvalue weighted by atomic mass is 16.5. The van der Waals surface area contributed by atoms with Gasteiger partial charge in [0.05, 0.1) is 31.9 Å². The number of ether oxygens (including phenoxy) is 3. The van der Waals surface area contributed by atoms with Gasteiger partial charge in [0.1, 0.15) is 0 Å². The molecule has 2 rings (SSSR count). The zero-order valence-corrected chi connectivity index (χ0v) is 12.1. The molecule has 5 heteroatoms. The Balaban J connectivity index is 2.12. The third-order valence-electron chi connectivity index (χ3n) is 3.53. The van der Waals surface area contributed by atoms with Crippen LogP contribution >= 0.6 is 0 Å². The molecule has 1 aromatic rings. The Kier molecular flexibility index (Phi) is 4.84. The Bertz CT molecular complexity index is 469. The topological polar surface area (TPSA) is 56.8 Å². The highest BCUT2D eigenvalue weighted by Gasteiger charge is 2.25. The van der Waals surface area contributed by atoms with E-state index >= 15 is 0 Å². The van der Waals surface area contributed by atoms with Crippen molar-refractivity contribution in [1.29, 1.82) is 0 Å². The van der Waals surface area contributed by atoms with Crippen LogP contribution in [0.4, 0.5) is 0 Å². The van der Waals surface area contributed by atoms with Crippen LogP contribution in [-0.2, 0) is 4.74 Å². The van der Waals surface area contributed by atoms with E-state index in [1.807, 2.05) is 6.92 Å². The molecule has 2 atom stereocenters. The SMILES string of the molecule is COc1cccc(C(=O)N[C@@H](C)[C@@H]2CCCO2)c1OC. The summed E-state index contributed by atoms with van der Waals surface area (Å²) in [5, 5.41) is 2.96. The molecule has 20 heavy (non-hydrogen) atoms. The van der Waals surface area contributed by atoms with Crippen LogP contribution in [0.1, 0.15) is 30.1 Å². The van der Waals surface area contributed by atoms with Gasteiger partial charge in [-0.05, 0) is 31.9 Å². The number of rotatable bonds is 5. The van der Waals surface area contributed by atoms with E-state index in [1.54, 1.807) is 25.3 Å². The van der Waals surface area contributed by atoms with Gasteiger partial charge >= 0.3 is 0 Å². The summed E-state index contributed by atoms with van der Waals surface area (Å²) in [4.78, 5) is 12.4. The minimum atomic E-state index is -0.177. The van der Waals surface area contributed by atoms with Crippen molar-refractivity contribution in [1.82, 2.24) is 5.32 Å². The molecule has 1 aromatic carbocycles. The van der Waals surface area contributed by atoms with Crippen LogP contribution in [0, 0.1) is 0 Å². The lowest BCUT2D eigenvalue weighted by Gasteiger charge is -2.21. The van der Waals surface area contributed by atoms with Crippen molar-refractivity contribution in [2.45, 2.75) is 31.9 Å². The number of hydrogen-bond acceptors (Lipinski definition) is 4. The highest BCUT2D eigenvalue weighted by Crippen LogP contribution is 2.30. The third-order valence-corrected chi connectivity index (χ3v) is 3.53. The number of para-hydroxylation sites is 1. The van der Waals surface area contributed by atoms with E-state index in [0.29, 0.717) is 17.1 Å². The van der Waals surface area contributed by atoms with Crippen molar-refractivity contribution >= 4 is 5.91 Å². The van der Waals surface area contributed by atoms with Gasteiger partial charge in [-0.25, -0.2) is 0 Å². The van der Waals surface area contributed by atoms with E-state index < -0.39 is 0 Å². The van der Waals surface area contributed by atoms with Gasteiger partial charge in [-0.15, -0.1) is 0 Å². The molecule has 0 spiro atoms. The molecule has 1 aliphatic heterocycles. The number of methoxy groups -OCH3 is 2. The summed E-state index contributed by atoms with van der Waals surface area (Å²) < 4.78 is 16.1. The number of benzene rings is 1. The second-order valence-corrected chi connectivity index (χ2v) is 4.85. The molecule has 1 heterocycles. The molecule has 1 saturated heterocycles. The Labute approximate surface area is 119 Å². The first-order valence-electron chi connectivity index (χ1n) is 6.80. The molecular formula is C15H21NO4. The Morgan fingerprint density at radius 2 is 2.20 bits per heavy atom. The molecule has 1 fully saturated rings. The van der Waals surface area contributed by atoms with Crippen LogP contribution in [-0.4, -0.2) is 38.9 Å². The largest absolute Gasteiger partial charge is 0.493 e. The minimum absolute atomic E-state index is 0.0269. The average Bonchev–Trinajstić information content (AvgIpc) is 3.00. The maximum atomic E-state index is 12.4. The van der Waals surface area contributed by atoms with E-state index in [9.17, 15) is 4.79 Å². The molecule has 0 radical (unpaired) electrons. The van der Waals surface area contributed by atoms with Gasteiger partial charge in [0.2, 0.25) is 0 Å². The minimum Gasteiger partial charge on any atom is -0.493 e. The molecular weight excluding hydrogens is 258 g/mol. The Morgan fingerprint density at radius 1 is 1.40 bits per heavy atom. The van der Waals surface area contributed by atoms with E-state index in [4.69, 9.17) is 14.2 Å². The van der Waals surface area contributed by atoms with Crippen LogP contribution in [0.15, 0.2) is 18.2 Å². The van der Waals surface area contributed by atoms with E-state index in [1.165, 1.54) is 7.11 Å². The predicted molar refractivity (Wildman–Crippen MR) is 75.4 cm³/mol. The molecule has 0 saturated carbocycles. The second-order valence-electron chi connectivity index (χ2n) is 4.85. The first-order valence-corrected chi connectivity index (χ1v) is 6.80. The summed E-state index contributed by atoms with van der Waals surface area (Å²) in [6.45, 7) is 2.73. The van der Waals surface area contributed by atoms with Crippen molar-refractivity contribution in [2.75, 3.05) is 20.8 Å². The third kappa shape index (κ3) is 3.04.